The fraction of sp³-hybridized carbons (Fsp3) is 0.130. The second kappa shape index (κ2) is 8.35. The Labute approximate surface area is 177 Å². The summed E-state index contributed by atoms with van der Waals surface area (Å²) in [4.78, 5) is 16.9. The Morgan fingerprint density at radius 1 is 0.968 bits per heavy atom. The molecule has 0 saturated carbocycles. The van der Waals surface area contributed by atoms with Crippen molar-refractivity contribution < 1.29 is 27.8 Å². The number of rotatable bonds is 6. The first kappa shape index (κ1) is 20.2. The normalized spacial score (nSPS) is 10.7. The smallest absolute Gasteiger partial charge is 0.258 e. The number of hydrogen-bond donors (Lipinski definition) is 1. The molecular weight excluding hydrogens is 403 g/mol. The van der Waals surface area contributed by atoms with Crippen molar-refractivity contribution in [2.45, 2.75) is 0 Å². The zero-order chi connectivity index (χ0) is 22.0. The van der Waals surface area contributed by atoms with Crippen molar-refractivity contribution in [3.8, 4) is 28.7 Å². The average molecular weight is 422 g/mol. The van der Waals surface area contributed by atoms with E-state index in [1.54, 1.807) is 36.4 Å². The van der Waals surface area contributed by atoms with Gasteiger partial charge >= 0.3 is 0 Å². The number of fused-ring (bicyclic) bond motifs is 1. The fourth-order valence-corrected chi connectivity index (χ4v) is 3.18. The van der Waals surface area contributed by atoms with Crippen LogP contribution < -0.4 is 19.5 Å². The van der Waals surface area contributed by atoms with Gasteiger partial charge in [-0.2, -0.15) is 0 Å². The fourth-order valence-electron chi connectivity index (χ4n) is 3.18. The van der Waals surface area contributed by atoms with Gasteiger partial charge in [0.05, 0.1) is 26.9 Å². The van der Waals surface area contributed by atoms with Gasteiger partial charge in [-0.3, -0.25) is 4.79 Å². The largest absolute Gasteiger partial charge is 0.493 e. The summed E-state index contributed by atoms with van der Waals surface area (Å²) < 4.78 is 35.8. The van der Waals surface area contributed by atoms with E-state index in [1.807, 2.05) is 0 Å². The number of ether oxygens (including phenoxy) is 3. The van der Waals surface area contributed by atoms with Crippen molar-refractivity contribution in [2.75, 3.05) is 26.6 Å². The summed E-state index contributed by atoms with van der Waals surface area (Å²) in [5.41, 5.74) is 2.09. The van der Waals surface area contributed by atoms with E-state index in [-0.39, 0.29) is 5.56 Å². The molecule has 0 atom stereocenters. The van der Waals surface area contributed by atoms with Gasteiger partial charge in [0.2, 0.25) is 11.6 Å². The van der Waals surface area contributed by atoms with E-state index in [2.05, 4.69) is 10.3 Å². The predicted molar refractivity (Wildman–Crippen MR) is 113 cm³/mol. The number of carbonyl (C=O) groups is 1. The lowest BCUT2D eigenvalue weighted by atomic mass is 10.2. The van der Waals surface area contributed by atoms with Crippen LogP contribution >= 0.6 is 0 Å². The third-order valence-corrected chi connectivity index (χ3v) is 4.68. The summed E-state index contributed by atoms with van der Waals surface area (Å²) >= 11 is 0. The SMILES string of the molecule is COc1cc(-c2nc3cc(NC(=O)c4ccccc4F)ccc3o2)cc(OC)c1OC. The Hall–Kier alpha value is -4.07. The zero-order valence-corrected chi connectivity index (χ0v) is 17.1. The summed E-state index contributed by atoms with van der Waals surface area (Å²) in [5.74, 6) is 0.599. The predicted octanol–water partition coefficient (Wildman–Crippen LogP) is 4.91. The van der Waals surface area contributed by atoms with Crippen LogP contribution in [0.4, 0.5) is 10.1 Å². The van der Waals surface area contributed by atoms with E-state index in [0.717, 1.165) is 0 Å². The van der Waals surface area contributed by atoms with Gasteiger partial charge in [-0.25, -0.2) is 9.37 Å². The van der Waals surface area contributed by atoms with Crippen LogP contribution in [0.15, 0.2) is 59.0 Å². The lowest BCUT2D eigenvalue weighted by Crippen LogP contribution is -2.13. The first-order chi connectivity index (χ1) is 15.0. The summed E-state index contributed by atoms with van der Waals surface area (Å²) in [6, 6.07) is 14.2. The van der Waals surface area contributed by atoms with Crippen LogP contribution in [0, 0.1) is 5.82 Å². The summed E-state index contributed by atoms with van der Waals surface area (Å²) in [7, 11) is 4.58. The maximum atomic E-state index is 13.8. The highest BCUT2D eigenvalue weighted by atomic mass is 19.1. The number of nitrogens with zero attached hydrogens (tertiary/aromatic N) is 1. The highest BCUT2D eigenvalue weighted by Crippen LogP contribution is 2.41. The second-order valence-corrected chi connectivity index (χ2v) is 6.55. The van der Waals surface area contributed by atoms with Crippen molar-refractivity contribution in [2.24, 2.45) is 0 Å². The van der Waals surface area contributed by atoms with Gasteiger partial charge in [0, 0.05) is 11.3 Å². The van der Waals surface area contributed by atoms with Crippen molar-refractivity contribution in [3.05, 3.63) is 66.0 Å². The van der Waals surface area contributed by atoms with Crippen LogP contribution in [0.5, 0.6) is 17.2 Å². The number of carbonyl (C=O) groups excluding carboxylic acids is 1. The molecule has 3 aromatic carbocycles. The molecule has 1 N–H and O–H groups in total. The molecule has 158 valence electrons. The second-order valence-electron chi connectivity index (χ2n) is 6.55. The Morgan fingerprint density at radius 3 is 2.32 bits per heavy atom. The van der Waals surface area contributed by atoms with Crippen LogP contribution in [0.3, 0.4) is 0 Å². The Bertz CT molecular complexity index is 1240. The molecule has 0 radical (unpaired) electrons. The molecule has 8 heteroatoms. The molecule has 0 spiro atoms. The molecule has 4 aromatic rings. The Kier molecular flexibility index (Phi) is 5.44. The van der Waals surface area contributed by atoms with Crippen LogP contribution in [-0.4, -0.2) is 32.2 Å². The quantitative estimate of drug-likeness (QED) is 0.475. The summed E-state index contributed by atoms with van der Waals surface area (Å²) in [6.07, 6.45) is 0. The highest BCUT2D eigenvalue weighted by Gasteiger charge is 2.18. The van der Waals surface area contributed by atoms with E-state index >= 15 is 0 Å². The first-order valence-corrected chi connectivity index (χ1v) is 9.31. The monoisotopic (exact) mass is 422 g/mol. The molecule has 31 heavy (non-hydrogen) atoms. The third-order valence-electron chi connectivity index (χ3n) is 4.68. The molecule has 4 rings (SSSR count). The van der Waals surface area contributed by atoms with Crippen LogP contribution in [-0.2, 0) is 0 Å². The molecule has 1 heterocycles. The number of anilines is 1. The zero-order valence-electron chi connectivity index (χ0n) is 17.1. The van der Waals surface area contributed by atoms with Crippen molar-refractivity contribution in [3.63, 3.8) is 0 Å². The molecule has 0 fully saturated rings. The number of nitrogens with one attached hydrogen (secondary N) is 1. The molecule has 0 aliphatic carbocycles. The van der Waals surface area contributed by atoms with Gasteiger partial charge in [-0.05, 0) is 42.5 Å². The number of methoxy groups -OCH3 is 3. The van der Waals surface area contributed by atoms with E-state index in [0.29, 0.717) is 45.5 Å². The Morgan fingerprint density at radius 2 is 1.68 bits per heavy atom. The van der Waals surface area contributed by atoms with Crippen LogP contribution in [0.2, 0.25) is 0 Å². The van der Waals surface area contributed by atoms with Crippen molar-refractivity contribution >= 4 is 22.7 Å². The lowest BCUT2D eigenvalue weighted by molar-refractivity contribution is 0.102. The molecule has 1 amide bonds. The summed E-state index contributed by atoms with van der Waals surface area (Å²) in [6.45, 7) is 0. The number of hydrogen-bond acceptors (Lipinski definition) is 6. The standard InChI is InChI=1S/C23H19FN2O5/c1-28-19-10-13(11-20(29-2)21(19)30-3)23-26-17-12-14(8-9-18(17)31-23)25-22(27)15-6-4-5-7-16(15)24/h4-12H,1-3H3,(H,25,27). The number of amides is 1. The highest BCUT2D eigenvalue weighted by molar-refractivity contribution is 6.05. The number of benzene rings is 3. The van der Waals surface area contributed by atoms with Gasteiger partial charge in [-0.1, -0.05) is 12.1 Å². The van der Waals surface area contributed by atoms with Gasteiger partial charge in [-0.15, -0.1) is 0 Å². The molecule has 0 aliphatic rings. The molecule has 1 aromatic heterocycles. The molecular formula is C23H19FN2O5. The third kappa shape index (κ3) is 3.87. The topological polar surface area (TPSA) is 82.8 Å². The van der Waals surface area contributed by atoms with E-state index in [4.69, 9.17) is 18.6 Å². The lowest BCUT2D eigenvalue weighted by Gasteiger charge is -2.12. The van der Waals surface area contributed by atoms with Gasteiger partial charge < -0.3 is 23.9 Å². The molecule has 0 unspecified atom stereocenters. The minimum Gasteiger partial charge on any atom is -0.493 e. The van der Waals surface area contributed by atoms with Gasteiger partial charge in [0.1, 0.15) is 11.3 Å². The van der Waals surface area contributed by atoms with Crippen molar-refractivity contribution in [1.29, 1.82) is 0 Å². The van der Waals surface area contributed by atoms with E-state index < -0.39 is 11.7 Å². The van der Waals surface area contributed by atoms with E-state index in [1.165, 1.54) is 39.5 Å². The molecule has 7 nitrogen and oxygen atoms in total. The molecule has 0 aliphatic heterocycles. The first-order valence-electron chi connectivity index (χ1n) is 9.31. The van der Waals surface area contributed by atoms with Gasteiger partial charge in [0.25, 0.3) is 5.91 Å². The minimum absolute atomic E-state index is 0.0409. The minimum atomic E-state index is -0.591. The number of oxazole rings is 1. The Balaban J connectivity index is 1.67. The molecule has 0 saturated heterocycles. The maximum absolute atomic E-state index is 13.8. The summed E-state index contributed by atoms with van der Waals surface area (Å²) in [5, 5.41) is 2.67. The van der Waals surface area contributed by atoms with Crippen molar-refractivity contribution in [1.82, 2.24) is 4.98 Å². The van der Waals surface area contributed by atoms with Crippen LogP contribution in [0.25, 0.3) is 22.6 Å². The average Bonchev–Trinajstić information content (AvgIpc) is 3.21. The van der Waals surface area contributed by atoms with E-state index in [9.17, 15) is 9.18 Å². The number of halogens is 1. The van der Waals surface area contributed by atoms with Gasteiger partial charge in [0.15, 0.2) is 17.1 Å². The number of aromatic nitrogens is 1. The molecule has 0 bridgehead atoms. The maximum Gasteiger partial charge on any atom is 0.258 e. The van der Waals surface area contributed by atoms with Crippen LogP contribution in [0.1, 0.15) is 10.4 Å².